The van der Waals surface area contributed by atoms with Crippen molar-refractivity contribution in [2.75, 3.05) is 0 Å². The van der Waals surface area contributed by atoms with Crippen molar-refractivity contribution < 1.29 is 14.1 Å². The first-order valence-electron chi connectivity index (χ1n) is 7.31. The number of hydrogen-bond acceptors (Lipinski definition) is 6. The Morgan fingerprint density at radius 1 is 1.23 bits per heavy atom. The summed E-state index contributed by atoms with van der Waals surface area (Å²) < 4.78 is 6.27. The monoisotopic (exact) mass is 414 g/mol. The van der Waals surface area contributed by atoms with E-state index in [1.807, 2.05) is 0 Å². The molecule has 0 bridgehead atoms. The van der Waals surface area contributed by atoms with Crippen molar-refractivity contribution in [2.24, 2.45) is 5.10 Å². The minimum Gasteiger partial charge on any atom is -0.455 e. The maximum absolute atomic E-state index is 11.9. The second kappa shape index (κ2) is 7.70. The van der Waals surface area contributed by atoms with Gasteiger partial charge in [0, 0.05) is 34.6 Å². The van der Waals surface area contributed by atoms with E-state index in [1.165, 1.54) is 24.5 Å². The molecule has 0 fully saturated rings. The normalized spacial score (nSPS) is 10.8. The lowest BCUT2D eigenvalue weighted by atomic mass is 10.1. The first-order chi connectivity index (χ1) is 12.5. The van der Waals surface area contributed by atoms with E-state index >= 15 is 0 Å². The van der Waals surface area contributed by atoms with Crippen LogP contribution in [0.15, 0.2) is 68.8 Å². The Balaban J connectivity index is 1.65. The quantitative estimate of drug-likeness (QED) is 0.387. The molecule has 0 unspecified atom stereocenters. The van der Waals surface area contributed by atoms with Crippen LogP contribution in [0.25, 0.3) is 11.3 Å². The third kappa shape index (κ3) is 4.19. The SMILES string of the molecule is O=C(NN=Cc1ccc(-c2ccc([N+](=O)[O-])cc2)o1)c1cncc(Br)c1. The third-order valence-electron chi connectivity index (χ3n) is 3.31. The van der Waals surface area contributed by atoms with Gasteiger partial charge < -0.3 is 4.42 Å². The molecule has 8 nitrogen and oxygen atoms in total. The molecule has 130 valence electrons. The van der Waals surface area contributed by atoms with Crippen molar-refractivity contribution in [2.45, 2.75) is 0 Å². The van der Waals surface area contributed by atoms with Gasteiger partial charge in [0.25, 0.3) is 11.6 Å². The van der Waals surface area contributed by atoms with Crippen LogP contribution in [0.3, 0.4) is 0 Å². The topological polar surface area (TPSA) is 111 Å². The zero-order valence-electron chi connectivity index (χ0n) is 13.1. The van der Waals surface area contributed by atoms with Crippen LogP contribution in [0.5, 0.6) is 0 Å². The summed E-state index contributed by atoms with van der Waals surface area (Å²) in [5.41, 5.74) is 3.44. The highest BCUT2D eigenvalue weighted by Gasteiger charge is 2.08. The molecule has 0 atom stereocenters. The van der Waals surface area contributed by atoms with Crippen molar-refractivity contribution >= 4 is 33.7 Å². The Morgan fingerprint density at radius 2 is 2.00 bits per heavy atom. The van der Waals surface area contributed by atoms with Gasteiger partial charge in [-0.05, 0) is 46.3 Å². The largest absolute Gasteiger partial charge is 0.455 e. The third-order valence-corrected chi connectivity index (χ3v) is 3.75. The number of nitro groups is 1. The maximum atomic E-state index is 11.9. The average molecular weight is 415 g/mol. The lowest BCUT2D eigenvalue weighted by Crippen LogP contribution is -2.17. The van der Waals surface area contributed by atoms with Crippen LogP contribution in [-0.4, -0.2) is 22.0 Å². The van der Waals surface area contributed by atoms with E-state index in [0.29, 0.717) is 27.1 Å². The van der Waals surface area contributed by atoms with Gasteiger partial charge in [-0.2, -0.15) is 5.10 Å². The Morgan fingerprint density at radius 3 is 2.69 bits per heavy atom. The molecule has 0 saturated heterocycles. The van der Waals surface area contributed by atoms with Crippen LogP contribution in [0.4, 0.5) is 5.69 Å². The first-order valence-corrected chi connectivity index (χ1v) is 8.11. The highest BCUT2D eigenvalue weighted by atomic mass is 79.9. The Kier molecular flexibility index (Phi) is 5.18. The molecule has 0 radical (unpaired) electrons. The molecule has 3 rings (SSSR count). The van der Waals surface area contributed by atoms with Gasteiger partial charge in [-0.1, -0.05) is 0 Å². The van der Waals surface area contributed by atoms with Gasteiger partial charge in [-0.25, -0.2) is 5.43 Å². The summed E-state index contributed by atoms with van der Waals surface area (Å²) in [5.74, 6) is 0.548. The van der Waals surface area contributed by atoms with Gasteiger partial charge in [0.2, 0.25) is 0 Å². The van der Waals surface area contributed by atoms with Gasteiger partial charge in [-0.3, -0.25) is 19.9 Å². The summed E-state index contributed by atoms with van der Waals surface area (Å²) in [4.78, 5) is 26.0. The van der Waals surface area contributed by atoms with Crippen LogP contribution in [0.1, 0.15) is 16.1 Å². The molecule has 9 heteroatoms. The maximum Gasteiger partial charge on any atom is 0.272 e. The van der Waals surface area contributed by atoms with E-state index in [2.05, 4.69) is 31.4 Å². The van der Waals surface area contributed by atoms with E-state index in [4.69, 9.17) is 4.42 Å². The number of benzene rings is 1. The summed E-state index contributed by atoms with van der Waals surface area (Å²) in [6.07, 6.45) is 4.36. The van der Waals surface area contributed by atoms with E-state index in [0.717, 1.165) is 0 Å². The molecule has 1 amide bonds. The molecule has 2 aromatic heterocycles. The molecular formula is C17H11BrN4O4. The van der Waals surface area contributed by atoms with E-state index in [1.54, 1.807) is 36.5 Å². The fourth-order valence-corrected chi connectivity index (χ4v) is 2.44. The Hall–Kier alpha value is -3.33. The van der Waals surface area contributed by atoms with Crippen LogP contribution < -0.4 is 5.43 Å². The smallest absolute Gasteiger partial charge is 0.272 e. The number of non-ortho nitro benzene ring substituents is 1. The predicted octanol–water partition coefficient (Wildman–Crippen LogP) is 3.78. The molecule has 0 saturated carbocycles. The van der Waals surface area contributed by atoms with Crippen molar-refractivity contribution in [3.05, 3.63) is 80.8 Å². The highest BCUT2D eigenvalue weighted by molar-refractivity contribution is 9.10. The van der Waals surface area contributed by atoms with Gasteiger partial charge in [0.15, 0.2) is 0 Å². The molecule has 1 aromatic carbocycles. The van der Waals surface area contributed by atoms with Crippen LogP contribution in [0.2, 0.25) is 0 Å². The van der Waals surface area contributed by atoms with E-state index in [-0.39, 0.29) is 5.69 Å². The molecule has 3 aromatic rings. The second-order valence-corrected chi connectivity index (χ2v) is 6.01. The number of hydrazone groups is 1. The zero-order chi connectivity index (χ0) is 18.5. The highest BCUT2D eigenvalue weighted by Crippen LogP contribution is 2.24. The zero-order valence-corrected chi connectivity index (χ0v) is 14.7. The molecule has 1 N–H and O–H groups in total. The second-order valence-electron chi connectivity index (χ2n) is 5.10. The molecular weight excluding hydrogens is 404 g/mol. The van der Waals surface area contributed by atoms with Crippen molar-refractivity contribution in [3.8, 4) is 11.3 Å². The van der Waals surface area contributed by atoms with Gasteiger partial charge >= 0.3 is 0 Å². The summed E-state index contributed by atoms with van der Waals surface area (Å²) in [5, 5.41) is 14.5. The molecule has 26 heavy (non-hydrogen) atoms. The number of carbonyl (C=O) groups is 1. The number of nitro benzene ring substituents is 1. The number of aromatic nitrogens is 1. The molecule has 0 aliphatic heterocycles. The first kappa shape index (κ1) is 17.5. The summed E-state index contributed by atoms with van der Waals surface area (Å²) in [6.45, 7) is 0. The summed E-state index contributed by atoms with van der Waals surface area (Å²) >= 11 is 3.24. The number of rotatable bonds is 5. The van der Waals surface area contributed by atoms with E-state index < -0.39 is 10.8 Å². The lowest BCUT2D eigenvalue weighted by molar-refractivity contribution is -0.384. The van der Waals surface area contributed by atoms with E-state index in [9.17, 15) is 14.9 Å². The van der Waals surface area contributed by atoms with Gasteiger partial charge in [0.1, 0.15) is 11.5 Å². The number of nitrogens with zero attached hydrogens (tertiary/aromatic N) is 3. The number of amides is 1. The number of hydrogen-bond donors (Lipinski definition) is 1. The van der Waals surface area contributed by atoms with Crippen molar-refractivity contribution in [1.29, 1.82) is 0 Å². The number of halogens is 1. The molecule has 2 heterocycles. The minimum atomic E-state index is -0.465. The van der Waals surface area contributed by atoms with Crippen LogP contribution in [-0.2, 0) is 0 Å². The Bertz CT molecular complexity index is 982. The molecule has 0 aliphatic carbocycles. The minimum absolute atomic E-state index is 0.00634. The van der Waals surface area contributed by atoms with Crippen LogP contribution >= 0.6 is 15.9 Å². The number of pyridine rings is 1. The van der Waals surface area contributed by atoms with Gasteiger partial charge in [-0.15, -0.1) is 0 Å². The summed E-state index contributed by atoms with van der Waals surface area (Å²) in [7, 11) is 0. The van der Waals surface area contributed by atoms with Crippen molar-refractivity contribution in [1.82, 2.24) is 10.4 Å². The lowest BCUT2D eigenvalue weighted by Gasteiger charge is -1.99. The number of nitrogens with one attached hydrogen (secondary N) is 1. The van der Waals surface area contributed by atoms with Crippen LogP contribution in [0, 0.1) is 10.1 Å². The average Bonchev–Trinajstić information content (AvgIpc) is 3.10. The fourth-order valence-electron chi connectivity index (χ4n) is 2.08. The molecule has 0 spiro atoms. The number of furan rings is 1. The fraction of sp³-hybridized carbons (Fsp3) is 0. The Labute approximate surface area is 155 Å². The molecule has 0 aliphatic rings. The van der Waals surface area contributed by atoms with Gasteiger partial charge in [0.05, 0.1) is 16.7 Å². The summed E-state index contributed by atoms with van der Waals surface area (Å²) in [6, 6.07) is 11.0. The number of carbonyl (C=O) groups excluding carboxylic acids is 1. The van der Waals surface area contributed by atoms with Crippen molar-refractivity contribution in [3.63, 3.8) is 0 Å². The predicted molar refractivity (Wildman–Crippen MR) is 97.8 cm³/mol. The standard InChI is InChI=1S/C17H11BrN4O4/c18-13-7-12(8-19-9-13)17(23)21-20-10-15-5-6-16(26-15)11-1-3-14(4-2-11)22(24)25/h1-10H,(H,21,23).